The Morgan fingerprint density at radius 2 is 0.712 bits per heavy atom. The summed E-state index contributed by atoms with van der Waals surface area (Å²) < 4.78 is 13.8. The maximum absolute atomic E-state index is 6.59. The molecule has 8 aromatic carbocycles. The number of rotatable bonds is 3. The first-order chi connectivity index (χ1) is 25.8. The zero-order valence-corrected chi connectivity index (χ0v) is 28.0. The predicted octanol–water partition coefficient (Wildman–Crippen LogP) is 12.9. The van der Waals surface area contributed by atoms with Crippen LogP contribution in [0, 0.1) is 0 Å². The van der Waals surface area contributed by atoms with E-state index in [9.17, 15) is 0 Å². The summed E-state index contributed by atoms with van der Waals surface area (Å²) in [6, 6.07) is 63.5. The summed E-state index contributed by atoms with van der Waals surface area (Å²) in [5, 5.41) is 9.66. The van der Waals surface area contributed by atoms with Crippen LogP contribution in [0.4, 0.5) is 0 Å². The first kappa shape index (κ1) is 27.7. The van der Waals surface area contributed by atoms with Crippen molar-refractivity contribution in [2.45, 2.75) is 0 Å². The summed E-state index contributed by atoms with van der Waals surface area (Å²) >= 11 is 0. The molecular formula is C48H29N3O. The summed E-state index contributed by atoms with van der Waals surface area (Å²) in [6.45, 7) is 0. The molecule has 4 aromatic heterocycles. The molecule has 0 aliphatic carbocycles. The Balaban J connectivity index is 1.13. The third kappa shape index (κ3) is 3.65. The average Bonchev–Trinajstić information content (AvgIpc) is 3.94. The lowest BCUT2D eigenvalue weighted by atomic mass is 10.1. The third-order valence-corrected chi connectivity index (χ3v) is 11.0. The van der Waals surface area contributed by atoms with E-state index in [1.54, 1.807) is 0 Å². The standard InChI is InChI=1S/C48H29N3O/c1-6-17-39-32(12-1)33-13-2-7-18-40(33)49(39)30-24-26-44-37(28-30)36-16-5-10-21-43(36)51(44)45-22-11-23-47-48(45)38-29-31(25-27-46(38)52-47)50-41-19-8-3-14-34(41)35-15-4-9-20-42(35)50/h1-29H. The molecule has 242 valence electrons. The van der Waals surface area contributed by atoms with Crippen LogP contribution in [0.2, 0.25) is 0 Å². The van der Waals surface area contributed by atoms with Crippen molar-refractivity contribution < 1.29 is 4.42 Å². The highest BCUT2D eigenvalue weighted by molar-refractivity contribution is 6.16. The van der Waals surface area contributed by atoms with Crippen LogP contribution in [0.25, 0.3) is 104 Å². The van der Waals surface area contributed by atoms with Gasteiger partial charge in [0.2, 0.25) is 0 Å². The van der Waals surface area contributed by atoms with Crippen molar-refractivity contribution in [3.63, 3.8) is 0 Å². The molecule has 4 nitrogen and oxygen atoms in total. The number of hydrogen-bond acceptors (Lipinski definition) is 1. The van der Waals surface area contributed by atoms with Gasteiger partial charge >= 0.3 is 0 Å². The second-order valence-corrected chi connectivity index (χ2v) is 13.7. The molecule has 0 N–H and O–H groups in total. The Hall–Kier alpha value is -7.04. The predicted molar refractivity (Wildman–Crippen MR) is 217 cm³/mol. The third-order valence-electron chi connectivity index (χ3n) is 11.0. The Bertz CT molecular complexity index is 3320. The summed E-state index contributed by atoms with van der Waals surface area (Å²) in [7, 11) is 0. The number of nitrogens with zero attached hydrogens (tertiary/aromatic N) is 3. The van der Waals surface area contributed by atoms with Crippen molar-refractivity contribution in [3.05, 3.63) is 176 Å². The van der Waals surface area contributed by atoms with E-state index < -0.39 is 0 Å². The van der Waals surface area contributed by atoms with E-state index in [0.717, 1.165) is 50.0 Å². The van der Waals surface area contributed by atoms with Gasteiger partial charge in [-0.1, -0.05) is 97.1 Å². The quantitative estimate of drug-likeness (QED) is 0.185. The normalized spacial score (nSPS) is 12.2. The number of benzene rings is 8. The Kier molecular flexibility index (Phi) is 5.47. The first-order valence-corrected chi connectivity index (χ1v) is 17.8. The lowest BCUT2D eigenvalue weighted by molar-refractivity contribution is 0.669. The Morgan fingerprint density at radius 3 is 1.25 bits per heavy atom. The number of hydrogen-bond donors (Lipinski definition) is 0. The molecule has 0 aliphatic heterocycles. The zero-order chi connectivity index (χ0) is 33.9. The van der Waals surface area contributed by atoms with Gasteiger partial charge in [0.05, 0.1) is 44.2 Å². The van der Waals surface area contributed by atoms with E-state index in [1.807, 2.05) is 0 Å². The van der Waals surface area contributed by atoms with Crippen LogP contribution in [0.1, 0.15) is 0 Å². The van der Waals surface area contributed by atoms with E-state index in [4.69, 9.17) is 4.42 Å². The van der Waals surface area contributed by atoms with Crippen LogP contribution in [-0.4, -0.2) is 13.7 Å². The van der Waals surface area contributed by atoms with Gasteiger partial charge in [-0.15, -0.1) is 0 Å². The monoisotopic (exact) mass is 663 g/mol. The first-order valence-electron chi connectivity index (χ1n) is 17.8. The van der Waals surface area contributed by atoms with E-state index in [0.29, 0.717) is 0 Å². The average molecular weight is 664 g/mol. The number of fused-ring (bicyclic) bond motifs is 12. The van der Waals surface area contributed by atoms with E-state index in [1.165, 1.54) is 54.4 Å². The molecule has 0 fully saturated rings. The fourth-order valence-corrected chi connectivity index (χ4v) is 8.88. The van der Waals surface area contributed by atoms with Gasteiger partial charge in [-0.05, 0) is 78.9 Å². The van der Waals surface area contributed by atoms with E-state index >= 15 is 0 Å². The molecule has 0 saturated carbocycles. The van der Waals surface area contributed by atoms with Crippen LogP contribution >= 0.6 is 0 Å². The highest BCUT2D eigenvalue weighted by Gasteiger charge is 2.20. The molecule has 0 spiro atoms. The molecular weight excluding hydrogens is 635 g/mol. The Labute approximate surface area is 297 Å². The molecule has 0 unspecified atom stereocenters. The fraction of sp³-hybridized carbons (Fsp3) is 0. The van der Waals surface area contributed by atoms with Gasteiger partial charge in [0.1, 0.15) is 11.2 Å². The maximum Gasteiger partial charge on any atom is 0.137 e. The summed E-state index contributed by atoms with van der Waals surface area (Å²) in [5.41, 5.74) is 12.2. The van der Waals surface area contributed by atoms with Crippen LogP contribution in [0.3, 0.4) is 0 Å². The van der Waals surface area contributed by atoms with Crippen LogP contribution in [0.5, 0.6) is 0 Å². The zero-order valence-electron chi connectivity index (χ0n) is 28.0. The highest BCUT2D eigenvalue weighted by Crippen LogP contribution is 2.41. The van der Waals surface area contributed by atoms with Crippen molar-refractivity contribution in [2.75, 3.05) is 0 Å². The minimum atomic E-state index is 0.875. The maximum atomic E-state index is 6.59. The van der Waals surface area contributed by atoms with Gasteiger partial charge < -0.3 is 18.1 Å². The molecule has 0 bridgehead atoms. The SMILES string of the molecule is c1cc(-n2c3ccccc3c3cc(-n4c5ccccc5c5ccccc54)ccc32)c2c(c1)oc1ccc(-n3c4ccccc4c4ccccc43)cc12. The number of furan rings is 1. The van der Waals surface area contributed by atoms with Gasteiger partial charge in [-0.25, -0.2) is 0 Å². The molecule has 4 heterocycles. The van der Waals surface area contributed by atoms with Gasteiger partial charge in [-0.2, -0.15) is 0 Å². The number of para-hydroxylation sites is 5. The summed E-state index contributed by atoms with van der Waals surface area (Å²) in [5.74, 6) is 0. The molecule has 0 radical (unpaired) electrons. The van der Waals surface area contributed by atoms with Crippen molar-refractivity contribution in [2.24, 2.45) is 0 Å². The van der Waals surface area contributed by atoms with Crippen molar-refractivity contribution in [1.82, 2.24) is 13.7 Å². The van der Waals surface area contributed by atoms with Crippen LogP contribution in [-0.2, 0) is 0 Å². The molecule has 0 aliphatic rings. The lowest BCUT2D eigenvalue weighted by Gasteiger charge is -2.12. The topological polar surface area (TPSA) is 27.9 Å². The summed E-state index contributed by atoms with van der Waals surface area (Å²) in [4.78, 5) is 0. The minimum Gasteiger partial charge on any atom is -0.456 e. The molecule has 0 amide bonds. The summed E-state index contributed by atoms with van der Waals surface area (Å²) in [6.07, 6.45) is 0. The van der Waals surface area contributed by atoms with Crippen molar-refractivity contribution in [1.29, 1.82) is 0 Å². The van der Waals surface area contributed by atoms with Gasteiger partial charge in [0, 0.05) is 49.1 Å². The van der Waals surface area contributed by atoms with Crippen molar-refractivity contribution >= 4 is 87.4 Å². The molecule has 0 atom stereocenters. The van der Waals surface area contributed by atoms with E-state index in [2.05, 4.69) is 190 Å². The van der Waals surface area contributed by atoms with Crippen LogP contribution < -0.4 is 0 Å². The molecule has 52 heavy (non-hydrogen) atoms. The van der Waals surface area contributed by atoms with Crippen LogP contribution in [0.15, 0.2) is 180 Å². The molecule has 4 heteroatoms. The second kappa shape index (κ2) is 10.3. The van der Waals surface area contributed by atoms with E-state index in [-0.39, 0.29) is 0 Å². The fourth-order valence-electron chi connectivity index (χ4n) is 8.88. The van der Waals surface area contributed by atoms with Gasteiger partial charge in [-0.3, -0.25) is 0 Å². The molecule has 0 saturated heterocycles. The second-order valence-electron chi connectivity index (χ2n) is 13.7. The Morgan fingerprint density at radius 1 is 0.288 bits per heavy atom. The lowest BCUT2D eigenvalue weighted by Crippen LogP contribution is -1.96. The number of aromatic nitrogens is 3. The highest BCUT2D eigenvalue weighted by atomic mass is 16.3. The molecule has 12 rings (SSSR count). The van der Waals surface area contributed by atoms with Crippen molar-refractivity contribution in [3.8, 4) is 17.1 Å². The minimum absolute atomic E-state index is 0.875. The largest absolute Gasteiger partial charge is 0.456 e. The smallest absolute Gasteiger partial charge is 0.137 e. The molecule has 12 aromatic rings. The van der Waals surface area contributed by atoms with Gasteiger partial charge in [0.25, 0.3) is 0 Å². The van der Waals surface area contributed by atoms with Gasteiger partial charge in [0.15, 0.2) is 0 Å².